The summed E-state index contributed by atoms with van der Waals surface area (Å²) in [5.74, 6) is 0.498. The minimum atomic E-state index is -0.255. The van der Waals surface area contributed by atoms with E-state index in [4.69, 9.17) is 0 Å². The maximum Gasteiger partial charge on any atom is 0.221 e. The van der Waals surface area contributed by atoms with Crippen LogP contribution in [0.25, 0.3) is 11.3 Å². The van der Waals surface area contributed by atoms with Crippen molar-refractivity contribution in [1.82, 2.24) is 34.8 Å². The molecule has 1 aliphatic heterocycles. The molecule has 5 rings (SSSR count). The highest BCUT2D eigenvalue weighted by atomic mass is 19.1. The largest absolute Gasteiger partial charge is 0.348 e. The van der Waals surface area contributed by atoms with Crippen molar-refractivity contribution in [3.05, 3.63) is 59.9 Å². The molecule has 0 unspecified atom stereocenters. The van der Waals surface area contributed by atoms with Gasteiger partial charge in [0.15, 0.2) is 5.82 Å². The van der Waals surface area contributed by atoms with E-state index in [-0.39, 0.29) is 11.2 Å². The van der Waals surface area contributed by atoms with Gasteiger partial charge >= 0.3 is 0 Å². The fourth-order valence-electron chi connectivity index (χ4n) is 3.86. The van der Waals surface area contributed by atoms with Gasteiger partial charge in [-0.05, 0) is 46.5 Å². The summed E-state index contributed by atoms with van der Waals surface area (Å²) in [6, 6.07) is 6.42. The van der Waals surface area contributed by atoms with Crippen LogP contribution in [0.4, 0.5) is 10.2 Å². The van der Waals surface area contributed by atoms with Crippen LogP contribution in [0, 0.1) is 11.2 Å². The maximum absolute atomic E-state index is 13.3. The van der Waals surface area contributed by atoms with Gasteiger partial charge in [-0.15, -0.1) is 5.10 Å². The van der Waals surface area contributed by atoms with Crippen LogP contribution >= 0.6 is 0 Å². The molecule has 4 aromatic rings. The van der Waals surface area contributed by atoms with Gasteiger partial charge in [-0.25, -0.2) is 14.1 Å². The number of nitrogens with zero attached hydrogens (tertiary/aromatic N) is 8. The summed E-state index contributed by atoms with van der Waals surface area (Å²) < 4.78 is 16.9. The number of hydrogen-bond acceptors (Lipinski definition) is 6. The molecule has 0 atom stereocenters. The molecule has 0 aliphatic carbocycles. The Morgan fingerprint density at radius 3 is 2.79 bits per heavy atom. The molecular weight excluding hydrogens is 359 g/mol. The van der Waals surface area contributed by atoms with Gasteiger partial charge in [0.2, 0.25) is 5.65 Å². The first-order chi connectivity index (χ1) is 13.5. The molecule has 1 aliphatic rings. The number of rotatable bonds is 2. The Bertz CT molecular complexity index is 1140. The normalized spacial score (nSPS) is 16.2. The molecule has 8 nitrogen and oxygen atoms in total. The Hall–Kier alpha value is -3.36. The first-order valence-corrected chi connectivity index (χ1v) is 9.10. The van der Waals surface area contributed by atoms with Gasteiger partial charge in [0, 0.05) is 30.5 Å². The molecule has 3 aromatic heterocycles. The molecule has 4 heterocycles. The zero-order chi connectivity index (χ0) is 19.3. The minimum Gasteiger partial charge on any atom is -0.348 e. The average molecular weight is 378 g/mol. The SMILES string of the molecule is CC1(C)Cc2c(cnn2-c2ccc(F)cc2)CN(c2nccn3nnnc23)C1. The van der Waals surface area contributed by atoms with Gasteiger partial charge in [-0.1, -0.05) is 13.8 Å². The number of anilines is 1. The van der Waals surface area contributed by atoms with Crippen molar-refractivity contribution in [2.75, 3.05) is 11.4 Å². The van der Waals surface area contributed by atoms with Crippen LogP contribution in [-0.4, -0.2) is 41.4 Å². The van der Waals surface area contributed by atoms with Gasteiger partial charge in [0.1, 0.15) is 5.82 Å². The molecule has 0 N–H and O–H groups in total. The Morgan fingerprint density at radius 2 is 1.96 bits per heavy atom. The molecule has 1 aromatic carbocycles. The topological polar surface area (TPSA) is 77.0 Å². The molecule has 0 amide bonds. The number of tetrazole rings is 1. The minimum absolute atomic E-state index is 0.0367. The molecule has 0 spiro atoms. The average Bonchev–Trinajstić information content (AvgIpc) is 3.26. The second-order valence-electron chi connectivity index (χ2n) is 7.90. The van der Waals surface area contributed by atoms with Crippen LogP contribution in [0.1, 0.15) is 25.1 Å². The van der Waals surface area contributed by atoms with Crippen molar-refractivity contribution in [3.63, 3.8) is 0 Å². The first-order valence-electron chi connectivity index (χ1n) is 9.10. The quantitative estimate of drug-likeness (QED) is 0.533. The van der Waals surface area contributed by atoms with Crippen molar-refractivity contribution < 1.29 is 4.39 Å². The number of aromatic nitrogens is 7. The van der Waals surface area contributed by atoms with Crippen molar-refractivity contribution in [2.45, 2.75) is 26.8 Å². The Balaban J connectivity index is 1.59. The highest BCUT2D eigenvalue weighted by Crippen LogP contribution is 2.34. The van der Waals surface area contributed by atoms with Crippen molar-refractivity contribution >= 4 is 11.5 Å². The van der Waals surface area contributed by atoms with E-state index >= 15 is 0 Å². The van der Waals surface area contributed by atoms with E-state index in [2.05, 4.69) is 44.4 Å². The highest BCUT2D eigenvalue weighted by molar-refractivity contribution is 5.63. The second-order valence-corrected chi connectivity index (χ2v) is 7.90. The molecular formula is C19H19FN8. The molecule has 9 heteroatoms. The first kappa shape index (κ1) is 16.8. The molecule has 28 heavy (non-hydrogen) atoms. The predicted octanol–water partition coefficient (Wildman–Crippen LogP) is 2.43. The third-order valence-corrected chi connectivity index (χ3v) is 5.05. The van der Waals surface area contributed by atoms with Crippen LogP contribution in [0.2, 0.25) is 0 Å². The summed E-state index contributed by atoms with van der Waals surface area (Å²) in [6.07, 6.45) is 6.17. The summed E-state index contributed by atoms with van der Waals surface area (Å²) in [5.41, 5.74) is 3.70. The lowest BCUT2D eigenvalue weighted by molar-refractivity contribution is 0.364. The standard InChI is InChI=1S/C19H19FN8/c1-19(2)9-16-13(10-22-28(16)15-5-3-14(20)4-6-15)11-26(12-19)17-18-23-24-25-27(18)8-7-21-17/h3-8,10H,9,11-12H2,1-2H3. The van der Waals surface area contributed by atoms with E-state index in [1.165, 1.54) is 12.1 Å². The number of benzene rings is 1. The van der Waals surface area contributed by atoms with Gasteiger partial charge in [0.05, 0.1) is 18.1 Å². The zero-order valence-electron chi connectivity index (χ0n) is 15.6. The van der Waals surface area contributed by atoms with Crippen molar-refractivity contribution in [3.8, 4) is 5.69 Å². The van der Waals surface area contributed by atoms with E-state index in [9.17, 15) is 4.39 Å². The lowest BCUT2D eigenvalue weighted by Gasteiger charge is -2.30. The lowest BCUT2D eigenvalue weighted by Crippen LogP contribution is -2.34. The Morgan fingerprint density at radius 1 is 1.14 bits per heavy atom. The van der Waals surface area contributed by atoms with Gasteiger partial charge in [-0.2, -0.15) is 9.61 Å². The van der Waals surface area contributed by atoms with Crippen LogP contribution in [0.3, 0.4) is 0 Å². The fraction of sp³-hybridized carbons (Fsp3) is 0.316. The van der Waals surface area contributed by atoms with E-state index in [1.807, 2.05) is 10.9 Å². The van der Waals surface area contributed by atoms with Crippen LogP contribution in [-0.2, 0) is 13.0 Å². The van der Waals surface area contributed by atoms with Gasteiger partial charge in [-0.3, -0.25) is 0 Å². The monoisotopic (exact) mass is 378 g/mol. The van der Waals surface area contributed by atoms with Gasteiger partial charge in [0.25, 0.3) is 0 Å². The number of halogens is 1. The third kappa shape index (κ3) is 2.79. The van der Waals surface area contributed by atoms with E-state index in [0.717, 1.165) is 35.7 Å². The summed E-state index contributed by atoms with van der Waals surface area (Å²) in [4.78, 5) is 6.75. The Labute approximate surface area is 160 Å². The molecule has 0 fully saturated rings. The fourth-order valence-corrected chi connectivity index (χ4v) is 3.86. The molecule has 0 saturated heterocycles. The molecule has 0 bridgehead atoms. The smallest absolute Gasteiger partial charge is 0.221 e. The number of fused-ring (bicyclic) bond motifs is 2. The summed E-state index contributed by atoms with van der Waals surface area (Å²) >= 11 is 0. The van der Waals surface area contributed by atoms with E-state index in [1.54, 1.807) is 29.0 Å². The third-order valence-electron chi connectivity index (χ3n) is 5.05. The van der Waals surface area contributed by atoms with Crippen LogP contribution in [0.5, 0.6) is 0 Å². The molecule has 0 radical (unpaired) electrons. The summed E-state index contributed by atoms with van der Waals surface area (Å²) in [6.45, 7) is 5.89. The second kappa shape index (κ2) is 6.08. The van der Waals surface area contributed by atoms with E-state index in [0.29, 0.717) is 12.2 Å². The van der Waals surface area contributed by atoms with Crippen LogP contribution < -0.4 is 4.90 Å². The Kier molecular flexibility index (Phi) is 3.65. The van der Waals surface area contributed by atoms with Crippen molar-refractivity contribution in [2.24, 2.45) is 5.41 Å². The molecule has 142 valence electrons. The molecule has 0 saturated carbocycles. The zero-order valence-corrected chi connectivity index (χ0v) is 15.6. The van der Waals surface area contributed by atoms with Crippen LogP contribution in [0.15, 0.2) is 42.9 Å². The number of hydrogen-bond donors (Lipinski definition) is 0. The van der Waals surface area contributed by atoms with Crippen molar-refractivity contribution in [1.29, 1.82) is 0 Å². The lowest BCUT2D eigenvalue weighted by atomic mass is 9.87. The summed E-state index contributed by atoms with van der Waals surface area (Å²) in [5, 5.41) is 16.4. The summed E-state index contributed by atoms with van der Waals surface area (Å²) in [7, 11) is 0. The predicted molar refractivity (Wildman–Crippen MR) is 101 cm³/mol. The van der Waals surface area contributed by atoms with E-state index < -0.39 is 0 Å². The maximum atomic E-state index is 13.3. The van der Waals surface area contributed by atoms with Gasteiger partial charge < -0.3 is 4.90 Å². The highest BCUT2D eigenvalue weighted by Gasteiger charge is 2.32.